The van der Waals surface area contributed by atoms with E-state index in [-0.39, 0.29) is 18.3 Å². The molecule has 1 atom stereocenters. The molecule has 0 saturated carbocycles. The van der Waals surface area contributed by atoms with E-state index < -0.39 is 0 Å². The van der Waals surface area contributed by atoms with Gasteiger partial charge in [0.25, 0.3) is 0 Å². The number of hydrogen-bond acceptors (Lipinski definition) is 3. The van der Waals surface area contributed by atoms with Crippen molar-refractivity contribution >= 4 is 11.5 Å². The summed E-state index contributed by atoms with van der Waals surface area (Å²) in [6.45, 7) is 4.57. The minimum absolute atomic E-state index is 0.0772. The van der Waals surface area contributed by atoms with Gasteiger partial charge < -0.3 is 10.4 Å². The third kappa shape index (κ3) is 3.66. The lowest BCUT2D eigenvalue weighted by atomic mass is 10.1. The summed E-state index contributed by atoms with van der Waals surface area (Å²) in [4.78, 5) is 11.1. The second-order valence-electron chi connectivity index (χ2n) is 3.97. The molecule has 16 heavy (non-hydrogen) atoms. The van der Waals surface area contributed by atoms with E-state index in [0.717, 1.165) is 24.2 Å². The lowest BCUT2D eigenvalue weighted by Crippen LogP contribution is -2.16. The average molecular weight is 221 g/mol. The minimum atomic E-state index is 0.0772. The molecule has 1 rings (SSSR count). The van der Waals surface area contributed by atoms with E-state index in [9.17, 15) is 4.79 Å². The van der Waals surface area contributed by atoms with Crippen LogP contribution in [0.2, 0.25) is 0 Å². The van der Waals surface area contributed by atoms with Gasteiger partial charge in [-0.25, -0.2) is 0 Å². The molecule has 0 fully saturated rings. The van der Waals surface area contributed by atoms with Gasteiger partial charge in [0.15, 0.2) is 5.78 Å². The predicted octanol–water partition coefficient (Wildman–Crippen LogP) is 2.32. The van der Waals surface area contributed by atoms with Crippen LogP contribution in [0.15, 0.2) is 24.3 Å². The van der Waals surface area contributed by atoms with Gasteiger partial charge in [-0.3, -0.25) is 4.79 Å². The number of benzene rings is 1. The van der Waals surface area contributed by atoms with Gasteiger partial charge in [0.2, 0.25) is 0 Å². The highest BCUT2D eigenvalue weighted by Gasteiger charge is 2.04. The first-order valence-electron chi connectivity index (χ1n) is 5.63. The highest BCUT2D eigenvalue weighted by molar-refractivity contribution is 5.94. The first kappa shape index (κ1) is 12.7. The molecule has 0 aliphatic carbocycles. The Labute approximate surface area is 96.5 Å². The van der Waals surface area contributed by atoms with Crippen molar-refractivity contribution in [1.29, 1.82) is 0 Å². The van der Waals surface area contributed by atoms with Gasteiger partial charge in [-0.15, -0.1) is 0 Å². The average Bonchev–Trinajstić information content (AvgIpc) is 2.31. The quantitative estimate of drug-likeness (QED) is 0.725. The van der Waals surface area contributed by atoms with Crippen molar-refractivity contribution in [2.24, 2.45) is 5.92 Å². The zero-order valence-corrected chi connectivity index (χ0v) is 9.86. The molecular weight excluding hydrogens is 202 g/mol. The van der Waals surface area contributed by atoms with Crippen molar-refractivity contribution in [2.75, 3.05) is 18.5 Å². The van der Waals surface area contributed by atoms with Crippen molar-refractivity contribution < 1.29 is 9.90 Å². The molecule has 3 nitrogen and oxygen atoms in total. The minimum Gasteiger partial charge on any atom is -0.396 e. The molecule has 3 heteroatoms. The molecule has 0 aromatic heterocycles. The van der Waals surface area contributed by atoms with E-state index in [2.05, 4.69) is 12.2 Å². The summed E-state index contributed by atoms with van der Waals surface area (Å²) in [7, 11) is 0. The maximum absolute atomic E-state index is 11.1. The van der Waals surface area contributed by atoms with E-state index in [1.165, 1.54) is 0 Å². The van der Waals surface area contributed by atoms with Crippen molar-refractivity contribution in [3.05, 3.63) is 29.8 Å². The van der Waals surface area contributed by atoms with E-state index in [1.54, 1.807) is 6.92 Å². The van der Waals surface area contributed by atoms with Gasteiger partial charge in [0.1, 0.15) is 0 Å². The smallest absolute Gasteiger partial charge is 0.159 e. The number of anilines is 1. The molecule has 0 spiro atoms. The normalized spacial score (nSPS) is 12.2. The Hall–Kier alpha value is -1.35. The largest absolute Gasteiger partial charge is 0.396 e. The molecule has 0 aliphatic rings. The van der Waals surface area contributed by atoms with Gasteiger partial charge >= 0.3 is 0 Å². The Morgan fingerprint density at radius 3 is 2.44 bits per heavy atom. The first-order chi connectivity index (χ1) is 7.67. The van der Waals surface area contributed by atoms with Crippen LogP contribution in [0.25, 0.3) is 0 Å². The zero-order chi connectivity index (χ0) is 12.0. The molecular formula is C13H19NO2. The van der Waals surface area contributed by atoms with Crippen LogP contribution in [0, 0.1) is 5.92 Å². The van der Waals surface area contributed by atoms with Gasteiger partial charge in [0, 0.05) is 24.4 Å². The summed E-state index contributed by atoms with van der Waals surface area (Å²) in [5, 5.41) is 12.3. The van der Waals surface area contributed by atoms with Crippen molar-refractivity contribution in [1.82, 2.24) is 0 Å². The van der Waals surface area contributed by atoms with Crippen LogP contribution in [0.5, 0.6) is 0 Å². The number of aliphatic hydroxyl groups excluding tert-OH is 1. The molecule has 0 aliphatic heterocycles. The summed E-state index contributed by atoms with van der Waals surface area (Å²) in [6.07, 6.45) is 0.953. The molecule has 0 radical (unpaired) electrons. The summed E-state index contributed by atoms with van der Waals surface area (Å²) in [6, 6.07) is 7.40. The fraction of sp³-hybridized carbons (Fsp3) is 0.462. The van der Waals surface area contributed by atoms with Crippen molar-refractivity contribution in [3.63, 3.8) is 0 Å². The van der Waals surface area contributed by atoms with Crippen LogP contribution in [0.3, 0.4) is 0 Å². The Kier molecular flexibility index (Phi) is 4.99. The first-order valence-corrected chi connectivity index (χ1v) is 5.63. The van der Waals surface area contributed by atoms with Crippen LogP contribution >= 0.6 is 0 Å². The number of hydrogen-bond donors (Lipinski definition) is 2. The predicted molar refractivity (Wildman–Crippen MR) is 65.8 cm³/mol. The maximum Gasteiger partial charge on any atom is 0.159 e. The lowest BCUT2D eigenvalue weighted by molar-refractivity contribution is 0.101. The van der Waals surface area contributed by atoms with Crippen LogP contribution in [-0.4, -0.2) is 24.0 Å². The number of rotatable bonds is 6. The highest BCUT2D eigenvalue weighted by Crippen LogP contribution is 2.11. The summed E-state index contributed by atoms with van der Waals surface area (Å²) in [5.74, 6) is 0.362. The fourth-order valence-corrected chi connectivity index (χ4v) is 1.42. The Bertz CT molecular complexity index is 328. The fourth-order valence-electron chi connectivity index (χ4n) is 1.42. The molecule has 0 amide bonds. The molecule has 1 aromatic rings. The number of ketones is 1. The highest BCUT2D eigenvalue weighted by atomic mass is 16.3. The number of carbonyl (C=O) groups excluding carboxylic acids is 1. The van der Waals surface area contributed by atoms with Gasteiger partial charge in [-0.1, -0.05) is 6.92 Å². The molecule has 1 aromatic carbocycles. The Balaban J connectivity index is 2.52. The summed E-state index contributed by atoms with van der Waals surface area (Å²) >= 11 is 0. The molecule has 0 saturated heterocycles. The van der Waals surface area contributed by atoms with E-state index in [4.69, 9.17) is 5.11 Å². The zero-order valence-electron chi connectivity index (χ0n) is 9.86. The second-order valence-corrected chi connectivity index (χ2v) is 3.97. The third-order valence-electron chi connectivity index (χ3n) is 2.72. The van der Waals surface area contributed by atoms with E-state index in [0.29, 0.717) is 0 Å². The SMILES string of the molecule is CCC(CO)CNc1ccc(C(C)=O)cc1. The second kappa shape index (κ2) is 6.28. The standard InChI is InChI=1S/C13H19NO2/c1-3-11(9-15)8-14-13-6-4-12(5-7-13)10(2)16/h4-7,11,14-15H,3,8-9H2,1-2H3. The topological polar surface area (TPSA) is 49.3 Å². The van der Waals surface area contributed by atoms with Crippen molar-refractivity contribution in [3.8, 4) is 0 Å². The number of carbonyl (C=O) groups is 1. The Morgan fingerprint density at radius 2 is 2.00 bits per heavy atom. The molecule has 1 unspecified atom stereocenters. The van der Waals surface area contributed by atoms with Crippen LogP contribution in [0.4, 0.5) is 5.69 Å². The number of Topliss-reactive ketones (excluding diaryl/α,β-unsaturated/α-hetero) is 1. The van der Waals surface area contributed by atoms with Gasteiger partial charge in [0.05, 0.1) is 0 Å². The molecule has 2 N–H and O–H groups in total. The number of aliphatic hydroxyl groups is 1. The van der Waals surface area contributed by atoms with E-state index in [1.807, 2.05) is 24.3 Å². The lowest BCUT2D eigenvalue weighted by Gasteiger charge is -2.13. The van der Waals surface area contributed by atoms with Crippen molar-refractivity contribution in [2.45, 2.75) is 20.3 Å². The number of nitrogens with one attached hydrogen (secondary N) is 1. The van der Waals surface area contributed by atoms with Gasteiger partial charge in [-0.2, -0.15) is 0 Å². The maximum atomic E-state index is 11.1. The van der Waals surface area contributed by atoms with Crippen LogP contribution < -0.4 is 5.32 Å². The monoisotopic (exact) mass is 221 g/mol. The van der Waals surface area contributed by atoms with Crippen LogP contribution in [0.1, 0.15) is 30.6 Å². The van der Waals surface area contributed by atoms with Crippen LogP contribution in [-0.2, 0) is 0 Å². The van der Waals surface area contributed by atoms with Gasteiger partial charge in [-0.05, 0) is 43.5 Å². The molecule has 0 heterocycles. The summed E-state index contributed by atoms with van der Waals surface area (Å²) < 4.78 is 0. The molecule has 88 valence electrons. The van der Waals surface area contributed by atoms with E-state index >= 15 is 0 Å². The third-order valence-corrected chi connectivity index (χ3v) is 2.72. The Morgan fingerprint density at radius 1 is 1.38 bits per heavy atom. The molecule has 0 bridgehead atoms. The summed E-state index contributed by atoms with van der Waals surface area (Å²) in [5.41, 5.74) is 1.71.